The number of nitro benzene ring substituents is 1. The van der Waals surface area contributed by atoms with E-state index in [1.807, 2.05) is 6.92 Å². The monoisotopic (exact) mass is 248 g/mol. The number of nitro groups is 1. The molecule has 0 heterocycles. The van der Waals surface area contributed by atoms with Crippen molar-refractivity contribution in [3.8, 4) is 0 Å². The first-order valence-corrected chi connectivity index (χ1v) is 5.71. The van der Waals surface area contributed by atoms with Crippen molar-refractivity contribution in [1.82, 2.24) is 4.90 Å². The molecule has 0 aliphatic rings. The second kappa shape index (κ2) is 6.54. The van der Waals surface area contributed by atoms with Crippen LogP contribution >= 0.6 is 0 Å². The maximum Gasteiger partial charge on any atom is 0.273 e. The zero-order valence-corrected chi connectivity index (χ0v) is 10.3. The third-order valence-corrected chi connectivity index (χ3v) is 2.61. The Morgan fingerprint density at radius 2 is 2.17 bits per heavy atom. The molecule has 1 aromatic rings. The van der Waals surface area contributed by atoms with E-state index in [9.17, 15) is 14.9 Å². The second-order valence-corrected chi connectivity index (χ2v) is 3.78. The number of carbonyl (C=O) groups excluding carboxylic acids is 1. The van der Waals surface area contributed by atoms with E-state index in [1.165, 1.54) is 6.07 Å². The number of nitrogens with zero attached hydrogens (tertiary/aromatic N) is 2. The van der Waals surface area contributed by atoms with Gasteiger partial charge in [0.15, 0.2) is 0 Å². The molecule has 0 atom stereocenters. The highest BCUT2D eigenvalue weighted by molar-refractivity contribution is 5.80. The molecule has 0 spiro atoms. The summed E-state index contributed by atoms with van der Waals surface area (Å²) in [5, 5.41) is 10.8. The molecule has 18 heavy (non-hydrogen) atoms. The highest BCUT2D eigenvalue weighted by Gasteiger charge is 2.18. The number of carbonyl (C=O) groups is 1. The first-order chi connectivity index (χ1) is 8.60. The normalized spacial score (nSPS) is 9.83. The van der Waals surface area contributed by atoms with Crippen LogP contribution in [-0.2, 0) is 11.2 Å². The zero-order valence-electron chi connectivity index (χ0n) is 10.3. The van der Waals surface area contributed by atoms with E-state index >= 15 is 0 Å². The van der Waals surface area contributed by atoms with E-state index in [4.69, 9.17) is 0 Å². The summed E-state index contributed by atoms with van der Waals surface area (Å²) in [5.41, 5.74) is 0.426. The Morgan fingerprint density at radius 3 is 2.72 bits per heavy atom. The Bertz CT molecular complexity index is 457. The molecule has 0 aliphatic heterocycles. The fourth-order valence-electron chi connectivity index (χ4n) is 1.68. The summed E-state index contributed by atoms with van der Waals surface area (Å²) in [6, 6.07) is 6.30. The van der Waals surface area contributed by atoms with E-state index < -0.39 is 4.92 Å². The number of hydrogen-bond donors (Lipinski definition) is 0. The lowest BCUT2D eigenvalue weighted by Gasteiger charge is -2.18. The Balaban J connectivity index is 2.87. The molecule has 5 heteroatoms. The summed E-state index contributed by atoms with van der Waals surface area (Å²) in [6.07, 6.45) is 1.68. The molecule has 0 bridgehead atoms. The Kier molecular flexibility index (Phi) is 5.05. The number of rotatable bonds is 6. The van der Waals surface area contributed by atoms with Crippen LogP contribution in [0, 0.1) is 10.1 Å². The van der Waals surface area contributed by atoms with Crippen molar-refractivity contribution in [1.29, 1.82) is 0 Å². The summed E-state index contributed by atoms with van der Waals surface area (Å²) < 4.78 is 0. The van der Waals surface area contributed by atoms with Gasteiger partial charge >= 0.3 is 0 Å². The Hall–Kier alpha value is -2.17. The fraction of sp³-hybridized carbons (Fsp3) is 0.308. The van der Waals surface area contributed by atoms with Gasteiger partial charge < -0.3 is 4.90 Å². The predicted octanol–water partition coefficient (Wildman–Crippen LogP) is 2.17. The molecule has 1 amide bonds. The van der Waals surface area contributed by atoms with Crippen molar-refractivity contribution in [3.05, 3.63) is 52.6 Å². The van der Waals surface area contributed by atoms with Gasteiger partial charge in [-0.15, -0.1) is 6.58 Å². The summed E-state index contributed by atoms with van der Waals surface area (Å²) in [6.45, 7) is 6.46. The molecule has 0 saturated heterocycles. The van der Waals surface area contributed by atoms with Crippen molar-refractivity contribution in [2.24, 2.45) is 0 Å². The third-order valence-electron chi connectivity index (χ3n) is 2.61. The Labute approximate surface area is 106 Å². The van der Waals surface area contributed by atoms with Gasteiger partial charge in [0.1, 0.15) is 0 Å². The van der Waals surface area contributed by atoms with Crippen LogP contribution in [0.4, 0.5) is 5.69 Å². The van der Waals surface area contributed by atoms with Gasteiger partial charge in [0, 0.05) is 24.7 Å². The lowest BCUT2D eigenvalue weighted by molar-refractivity contribution is -0.385. The summed E-state index contributed by atoms with van der Waals surface area (Å²) >= 11 is 0. The minimum Gasteiger partial charge on any atom is -0.339 e. The zero-order chi connectivity index (χ0) is 13.5. The molecular formula is C13H16N2O3. The van der Waals surface area contributed by atoms with Crippen molar-refractivity contribution in [3.63, 3.8) is 0 Å². The van der Waals surface area contributed by atoms with Crippen molar-refractivity contribution in [2.45, 2.75) is 13.3 Å². The highest BCUT2D eigenvalue weighted by Crippen LogP contribution is 2.18. The van der Waals surface area contributed by atoms with E-state index in [0.717, 1.165) is 0 Å². The van der Waals surface area contributed by atoms with Gasteiger partial charge in [0.05, 0.1) is 11.3 Å². The van der Waals surface area contributed by atoms with Gasteiger partial charge in [-0.2, -0.15) is 0 Å². The molecule has 0 radical (unpaired) electrons. The minimum atomic E-state index is -0.466. The SMILES string of the molecule is C=CCN(CC)C(=O)Cc1ccccc1[N+](=O)[O-]. The van der Waals surface area contributed by atoms with Crippen LogP contribution in [0.2, 0.25) is 0 Å². The maximum absolute atomic E-state index is 12.0. The van der Waals surface area contributed by atoms with Crippen LogP contribution in [0.25, 0.3) is 0 Å². The van der Waals surface area contributed by atoms with Crippen LogP contribution in [0.1, 0.15) is 12.5 Å². The number of benzene rings is 1. The van der Waals surface area contributed by atoms with Gasteiger partial charge in [-0.05, 0) is 6.92 Å². The first kappa shape index (κ1) is 13.9. The van der Waals surface area contributed by atoms with E-state index in [2.05, 4.69) is 6.58 Å². The number of amides is 1. The molecule has 0 fully saturated rings. The van der Waals surface area contributed by atoms with Crippen LogP contribution in [0.15, 0.2) is 36.9 Å². The van der Waals surface area contributed by atoms with Crippen molar-refractivity contribution < 1.29 is 9.72 Å². The number of likely N-dealkylation sites (N-methyl/N-ethyl adjacent to an activating group) is 1. The van der Waals surface area contributed by atoms with E-state index in [-0.39, 0.29) is 18.0 Å². The summed E-state index contributed by atoms with van der Waals surface area (Å²) in [7, 11) is 0. The first-order valence-electron chi connectivity index (χ1n) is 5.71. The smallest absolute Gasteiger partial charge is 0.273 e. The number of hydrogen-bond acceptors (Lipinski definition) is 3. The van der Waals surface area contributed by atoms with Crippen LogP contribution < -0.4 is 0 Å². The second-order valence-electron chi connectivity index (χ2n) is 3.78. The van der Waals surface area contributed by atoms with Crippen LogP contribution in [0.3, 0.4) is 0 Å². The molecule has 0 aromatic heterocycles. The molecule has 1 rings (SSSR count). The Morgan fingerprint density at radius 1 is 1.50 bits per heavy atom. The van der Waals surface area contributed by atoms with Gasteiger partial charge in [-0.1, -0.05) is 24.3 Å². The van der Waals surface area contributed by atoms with Crippen molar-refractivity contribution in [2.75, 3.05) is 13.1 Å². The minimum absolute atomic E-state index is 0.0134. The van der Waals surface area contributed by atoms with Crippen molar-refractivity contribution >= 4 is 11.6 Å². The predicted molar refractivity (Wildman–Crippen MR) is 69.3 cm³/mol. The quantitative estimate of drug-likeness (QED) is 0.440. The standard InChI is InChI=1S/C13H16N2O3/c1-3-9-14(4-2)13(16)10-11-7-5-6-8-12(11)15(17)18/h3,5-8H,1,4,9-10H2,2H3. The summed E-state index contributed by atoms with van der Waals surface area (Å²) in [4.78, 5) is 23.9. The van der Waals surface area contributed by atoms with E-state index in [1.54, 1.807) is 29.2 Å². The molecule has 1 aromatic carbocycles. The molecule has 96 valence electrons. The highest BCUT2D eigenvalue weighted by atomic mass is 16.6. The number of para-hydroxylation sites is 1. The largest absolute Gasteiger partial charge is 0.339 e. The summed E-state index contributed by atoms with van der Waals surface area (Å²) in [5.74, 6) is -0.133. The lowest BCUT2D eigenvalue weighted by Crippen LogP contribution is -2.32. The van der Waals surface area contributed by atoms with Gasteiger partial charge in [0.2, 0.25) is 5.91 Å². The lowest BCUT2D eigenvalue weighted by atomic mass is 10.1. The molecule has 0 unspecified atom stereocenters. The molecule has 5 nitrogen and oxygen atoms in total. The average Bonchev–Trinajstić information content (AvgIpc) is 2.36. The fourth-order valence-corrected chi connectivity index (χ4v) is 1.68. The third kappa shape index (κ3) is 3.41. The molecular weight excluding hydrogens is 232 g/mol. The van der Waals surface area contributed by atoms with Crippen LogP contribution in [0.5, 0.6) is 0 Å². The molecule has 0 N–H and O–H groups in total. The average molecular weight is 248 g/mol. The molecule has 0 aliphatic carbocycles. The molecule has 0 saturated carbocycles. The maximum atomic E-state index is 12.0. The van der Waals surface area contributed by atoms with Gasteiger partial charge in [-0.3, -0.25) is 14.9 Å². The van der Waals surface area contributed by atoms with Gasteiger partial charge in [-0.25, -0.2) is 0 Å². The van der Waals surface area contributed by atoms with E-state index in [0.29, 0.717) is 18.7 Å². The topological polar surface area (TPSA) is 63.5 Å². The van der Waals surface area contributed by atoms with Crippen LogP contribution in [-0.4, -0.2) is 28.8 Å². The van der Waals surface area contributed by atoms with Gasteiger partial charge in [0.25, 0.3) is 5.69 Å².